The van der Waals surface area contributed by atoms with Crippen LogP contribution in [0, 0.1) is 5.41 Å². The van der Waals surface area contributed by atoms with E-state index >= 15 is 0 Å². The van der Waals surface area contributed by atoms with Gasteiger partial charge in [0.2, 0.25) is 11.8 Å². The molecule has 0 aliphatic carbocycles. The zero-order valence-corrected chi connectivity index (χ0v) is 23.2. The van der Waals surface area contributed by atoms with E-state index in [1.807, 2.05) is 20.8 Å². The molecule has 1 unspecified atom stereocenters. The Labute approximate surface area is 230 Å². The van der Waals surface area contributed by atoms with Crippen LogP contribution in [-0.4, -0.2) is 62.6 Å². The predicted octanol–water partition coefficient (Wildman–Crippen LogP) is 4.80. The first kappa shape index (κ1) is 29.2. The first-order valence-corrected chi connectivity index (χ1v) is 13.1. The van der Waals surface area contributed by atoms with Crippen LogP contribution in [0.25, 0.3) is 5.69 Å². The number of nitrogens with zero attached hydrogens (tertiary/aromatic N) is 4. The highest BCUT2D eigenvalue weighted by atomic mass is 35.5. The quantitative estimate of drug-likeness (QED) is 0.260. The minimum Gasteiger partial charge on any atom is -0.413 e. The molecule has 0 saturated carbocycles. The molecule has 2 amide bonds. The molecule has 1 aliphatic heterocycles. The Bertz CT molecular complexity index is 1130. The summed E-state index contributed by atoms with van der Waals surface area (Å²) in [6, 6.07) is 4.78. The van der Waals surface area contributed by atoms with E-state index in [-0.39, 0.29) is 30.0 Å². The molecule has 1 atom stereocenters. The Hall–Kier alpha value is -2.40. The summed E-state index contributed by atoms with van der Waals surface area (Å²) in [7, 11) is 0. The summed E-state index contributed by atoms with van der Waals surface area (Å²) >= 11 is 17.9. The maximum absolute atomic E-state index is 13.2. The third kappa shape index (κ3) is 8.04. The van der Waals surface area contributed by atoms with Crippen molar-refractivity contribution in [2.45, 2.75) is 58.8 Å². The lowest BCUT2D eigenvalue weighted by atomic mass is 9.91. The summed E-state index contributed by atoms with van der Waals surface area (Å²) in [5, 5.41) is 10.9. The van der Waals surface area contributed by atoms with Crippen LogP contribution in [0.4, 0.5) is 5.69 Å². The molecule has 1 fully saturated rings. The van der Waals surface area contributed by atoms with Gasteiger partial charge in [0.25, 0.3) is 5.91 Å². The molecule has 202 valence electrons. The molecule has 1 saturated heterocycles. The Morgan fingerprint density at radius 1 is 1.24 bits per heavy atom. The van der Waals surface area contributed by atoms with Gasteiger partial charge in [0, 0.05) is 17.9 Å². The number of nitrogens with one attached hydrogen (secondary N) is 1. The molecular formula is C24H30Cl3N5O5. The second-order valence-corrected chi connectivity index (χ2v) is 11.0. The van der Waals surface area contributed by atoms with Crippen LogP contribution >= 0.6 is 34.8 Å². The van der Waals surface area contributed by atoms with Crippen LogP contribution in [0.2, 0.25) is 10.2 Å². The van der Waals surface area contributed by atoms with Gasteiger partial charge in [-0.1, -0.05) is 49.2 Å². The molecule has 2 aromatic rings. The monoisotopic (exact) mass is 573 g/mol. The van der Waals surface area contributed by atoms with Gasteiger partial charge in [0.05, 0.1) is 24.2 Å². The summed E-state index contributed by atoms with van der Waals surface area (Å²) < 4.78 is 13.0. The zero-order valence-electron chi connectivity index (χ0n) is 20.9. The largest absolute Gasteiger partial charge is 0.413 e. The number of halogens is 3. The average Bonchev–Trinajstić information content (AvgIpc) is 3.27. The number of hydrogen-bond donors (Lipinski definition) is 1. The molecule has 1 aliphatic rings. The zero-order chi connectivity index (χ0) is 27.2. The van der Waals surface area contributed by atoms with Gasteiger partial charge in [-0.2, -0.15) is 0 Å². The van der Waals surface area contributed by atoms with Gasteiger partial charge in [0.15, 0.2) is 5.15 Å². The fraction of sp³-hybridized carbons (Fsp3) is 0.542. The number of amides is 2. The highest BCUT2D eigenvalue weighted by molar-refractivity contribution is 6.31. The third-order valence-electron chi connectivity index (χ3n) is 5.64. The van der Waals surface area contributed by atoms with Crippen molar-refractivity contribution < 1.29 is 23.9 Å². The Morgan fingerprint density at radius 3 is 2.59 bits per heavy atom. The second kappa shape index (κ2) is 12.4. The smallest absolute Gasteiger partial charge is 0.309 e. The number of ether oxygens (including phenoxy) is 2. The number of anilines is 1. The number of carbonyl (C=O) groups is 3. The number of alkyl halides is 1. The molecule has 37 heavy (non-hydrogen) atoms. The third-order valence-corrected chi connectivity index (χ3v) is 6.28. The van der Waals surface area contributed by atoms with Gasteiger partial charge < -0.3 is 14.8 Å². The number of esters is 1. The molecule has 0 radical (unpaired) electrons. The lowest BCUT2D eigenvalue weighted by molar-refractivity contribution is -0.307. The van der Waals surface area contributed by atoms with Gasteiger partial charge in [-0.05, 0) is 42.9 Å². The van der Waals surface area contributed by atoms with Crippen LogP contribution in [0.1, 0.15) is 52.9 Å². The van der Waals surface area contributed by atoms with E-state index in [1.54, 1.807) is 12.1 Å². The molecule has 10 nitrogen and oxygen atoms in total. The fourth-order valence-electron chi connectivity index (χ4n) is 3.78. The molecule has 1 N–H and O–H groups in total. The van der Waals surface area contributed by atoms with Gasteiger partial charge in [0.1, 0.15) is 12.4 Å². The van der Waals surface area contributed by atoms with Crippen molar-refractivity contribution >= 4 is 58.3 Å². The van der Waals surface area contributed by atoms with Gasteiger partial charge >= 0.3 is 5.97 Å². The molecule has 0 bridgehead atoms. The molecular weight excluding hydrogens is 545 g/mol. The summed E-state index contributed by atoms with van der Waals surface area (Å²) in [5.41, 5.74) is 0.663. The van der Waals surface area contributed by atoms with Crippen molar-refractivity contribution in [3.05, 3.63) is 34.6 Å². The highest BCUT2D eigenvalue weighted by Gasteiger charge is 2.46. The van der Waals surface area contributed by atoms with Gasteiger partial charge in [-0.25, -0.2) is 4.68 Å². The molecule has 3 rings (SSSR count). The van der Waals surface area contributed by atoms with Gasteiger partial charge in [-0.3, -0.25) is 19.3 Å². The highest BCUT2D eigenvalue weighted by Crippen LogP contribution is 2.33. The van der Waals surface area contributed by atoms with Crippen molar-refractivity contribution in [3.63, 3.8) is 0 Å². The fourth-order valence-corrected chi connectivity index (χ4v) is 4.22. The van der Waals surface area contributed by atoms with E-state index in [0.29, 0.717) is 29.2 Å². The van der Waals surface area contributed by atoms with Crippen molar-refractivity contribution in [2.75, 3.05) is 24.3 Å². The average molecular weight is 575 g/mol. The predicted molar refractivity (Wildman–Crippen MR) is 140 cm³/mol. The summed E-state index contributed by atoms with van der Waals surface area (Å²) in [6.07, 6.45) is 3.75. The topological polar surface area (TPSA) is 116 Å². The van der Waals surface area contributed by atoms with E-state index in [0.717, 1.165) is 11.3 Å². The van der Waals surface area contributed by atoms with Crippen LogP contribution in [-0.2, 0) is 23.9 Å². The summed E-state index contributed by atoms with van der Waals surface area (Å²) in [6.45, 7) is 5.81. The summed E-state index contributed by atoms with van der Waals surface area (Å²) in [4.78, 5) is 40.0. The molecule has 2 heterocycles. The molecule has 1 aromatic carbocycles. The SMILES string of the molecule is CC(C)(C)CCC(=O)OC1(N(CC(=O)Nc2cc(Cl)ccc2-n2cc(Cl)nn2)C(=O)CCl)CCCCO1. The standard InChI is InChI=1S/C24H30Cl3N5O5/c1-23(2,3)10-8-22(35)37-24(9-4-5-11-36-24)31(21(34)13-25)15-20(33)28-17-12-16(26)6-7-18(17)32-14-19(27)29-30-32/h6-7,12,14H,4-5,8-11,13,15H2,1-3H3,(H,28,33). The number of carbonyl (C=O) groups excluding carboxylic acids is 3. The van der Waals surface area contributed by atoms with Crippen molar-refractivity contribution in [2.24, 2.45) is 5.41 Å². The van der Waals surface area contributed by atoms with E-state index in [4.69, 9.17) is 44.3 Å². The van der Waals surface area contributed by atoms with E-state index in [1.165, 1.54) is 16.9 Å². The van der Waals surface area contributed by atoms with Gasteiger partial charge in [-0.15, -0.1) is 16.7 Å². The lowest BCUT2D eigenvalue weighted by Crippen LogP contribution is -2.60. The normalized spacial score (nSPS) is 17.8. The van der Waals surface area contributed by atoms with Crippen molar-refractivity contribution in [1.82, 2.24) is 19.9 Å². The maximum Gasteiger partial charge on any atom is 0.309 e. The van der Waals surface area contributed by atoms with Crippen molar-refractivity contribution in [3.8, 4) is 5.69 Å². The Balaban J connectivity index is 1.84. The molecule has 13 heteroatoms. The molecule has 1 aromatic heterocycles. The summed E-state index contributed by atoms with van der Waals surface area (Å²) in [5.74, 6) is -3.89. The number of hydrogen-bond acceptors (Lipinski definition) is 7. The van der Waals surface area contributed by atoms with Crippen LogP contribution in [0.15, 0.2) is 24.4 Å². The Kier molecular flexibility index (Phi) is 9.80. The number of aromatic nitrogens is 3. The van der Waals surface area contributed by atoms with Crippen molar-refractivity contribution in [1.29, 1.82) is 0 Å². The molecule has 0 spiro atoms. The minimum atomic E-state index is -1.73. The first-order valence-electron chi connectivity index (χ1n) is 11.8. The van der Waals surface area contributed by atoms with Crippen LogP contribution in [0.5, 0.6) is 0 Å². The maximum atomic E-state index is 13.2. The van der Waals surface area contributed by atoms with Crippen LogP contribution in [0.3, 0.4) is 0 Å². The van der Waals surface area contributed by atoms with E-state index < -0.39 is 36.1 Å². The lowest BCUT2D eigenvalue weighted by Gasteiger charge is -2.43. The van der Waals surface area contributed by atoms with E-state index in [9.17, 15) is 14.4 Å². The second-order valence-electron chi connectivity index (χ2n) is 9.86. The Morgan fingerprint density at radius 2 is 2.00 bits per heavy atom. The first-order chi connectivity index (χ1) is 17.4. The number of benzene rings is 1. The minimum absolute atomic E-state index is 0.0892. The van der Waals surface area contributed by atoms with Crippen LogP contribution < -0.4 is 5.32 Å². The van der Waals surface area contributed by atoms with E-state index in [2.05, 4.69) is 15.6 Å². The number of rotatable bonds is 9.